The molecule has 1 aromatic rings. The number of rotatable bonds is 5. The molecule has 0 radical (unpaired) electrons. The van der Waals surface area contributed by atoms with Gasteiger partial charge in [-0.3, -0.25) is 14.5 Å². The lowest BCUT2D eigenvalue weighted by atomic mass is 10.0. The van der Waals surface area contributed by atoms with Crippen LogP contribution in [0.15, 0.2) is 12.1 Å². The predicted octanol–water partition coefficient (Wildman–Crippen LogP) is 3.05. The molecule has 2 N–H and O–H groups in total. The molecule has 2 aliphatic heterocycles. The lowest BCUT2D eigenvalue weighted by Crippen LogP contribution is -2.54. The first-order valence-electron chi connectivity index (χ1n) is 11.8. The van der Waals surface area contributed by atoms with Crippen molar-refractivity contribution < 1.29 is 14.0 Å². The minimum Gasteiger partial charge on any atom is -0.337 e. The third-order valence-corrected chi connectivity index (χ3v) is 7.21. The Bertz CT molecular complexity index is 818. The van der Waals surface area contributed by atoms with Crippen molar-refractivity contribution in [2.45, 2.75) is 71.0 Å². The van der Waals surface area contributed by atoms with E-state index in [1.807, 2.05) is 11.8 Å². The third kappa shape index (κ3) is 5.09. The van der Waals surface area contributed by atoms with Gasteiger partial charge in [0.15, 0.2) is 0 Å². The Morgan fingerprint density at radius 1 is 1.16 bits per heavy atom. The Morgan fingerprint density at radius 2 is 1.94 bits per heavy atom. The number of nitrogens with one attached hydrogen (secondary N) is 2. The molecule has 2 unspecified atom stereocenters. The third-order valence-electron chi connectivity index (χ3n) is 7.21. The standard InChI is InChI=1S/C24H35FN4O2/c1-16-14-28(10-11-29(16)24(31)18-6-3-4-7-18)15-19-12-20(25)13-22(17(19)2)27-23(30)21-8-5-9-26-21/h12-13,16,18,21,26H,3-11,14-15H2,1-2H3,(H,27,30). The number of benzene rings is 1. The normalized spacial score (nSPS) is 25.2. The zero-order chi connectivity index (χ0) is 22.0. The van der Waals surface area contributed by atoms with Crippen molar-refractivity contribution in [1.82, 2.24) is 15.1 Å². The minimum atomic E-state index is -0.335. The van der Waals surface area contributed by atoms with E-state index in [4.69, 9.17) is 0 Å². The first-order chi connectivity index (χ1) is 14.9. The number of carbonyl (C=O) groups excluding carboxylic acids is 2. The number of halogens is 1. The van der Waals surface area contributed by atoms with Crippen LogP contribution in [0.4, 0.5) is 10.1 Å². The Hall–Kier alpha value is -1.99. The van der Waals surface area contributed by atoms with Crippen LogP contribution in [0, 0.1) is 18.7 Å². The van der Waals surface area contributed by atoms with Crippen molar-refractivity contribution in [3.8, 4) is 0 Å². The summed E-state index contributed by atoms with van der Waals surface area (Å²) in [5, 5.41) is 6.10. The maximum absolute atomic E-state index is 14.4. The summed E-state index contributed by atoms with van der Waals surface area (Å²) in [6.07, 6.45) is 6.19. The topological polar surface area (TPSA) is 64.7 Å². The molecular weight excluding hydrogens is 395 g/mol. The Labute approximate surface area is 184 Å². The van der Waals surface area contributed by atoms with E-state index in [1.54, 1.807) is 6.07 Å². The molecule has 6 nitrogen and oxygen atoms in total. The second-order valence-electron chi connectivity index (χ2n) is 9.47. The van der Waals surface area contributed by atoms with Gasteiger partial charge in [0, 0.05) is 43.8 Å². The largest absolute Gasteiger partial charge is 0.337 e. The summed E-state index contributed by atoms with van der Waals surface area (Å²) in [7, 11) is 0. The molecule has 0 bridgehead atoms. The van der Waals surface area contributed by atoms with Crippen LogP contribution in [-0.2, 0) is 16.1 Å². The van der Waals surface area contributed by atoms with Gasteiger partial charge >= 0.3 is 0 Å². The number of hydrogen-bond acceptors (Lipinski definition) is 4. The van der Waals surface area contributed by atoms with Crippen molar-refractivity contribution in [2.24, 2.45) is 5.92 Å². The molecule has 1 saturated carbocycles. The molecule has 3 aliphatic rings. The maximum atomic E-state index is 14.4. The summed E-state index contributed by atoms with van der Waals surface area (Å²) >= 11 is 0. The fraction of sp³-hybridized carbons (Fsp3) is 0.667. The summed E-state index contributed by atoms with van der Waals surface area (Å²) in [4.78, 5) is 29.7. The smallest absolute Gasteiger partial charge is 0.241 e. The van der Waals surface area contributed by atoms with E-state index in [9.17, 15) is 14.0 Å². The fourth-order valence-corrected chi connectivity index (χ4v) is 5.31. The molecule has 2 heterocycles. The molecule has 3 fully saturated rings. The van der Waals surface area contributed by atoms with Crippen molar-refractivity contribution in [1.29, 1.82) is 0 Å². The van der Waals surface area contributed by atoms with Gasteiger partial charge in [-0.1, -0.05) is 12.8 Å². The van der Waals surface area contributed by atoms with Crippen LogP contribution in [-0.4, -0.2) is 59.9 Å². The maximum Gasteiger partial charge on any atom is 0.241 e. The highest BCUT2D eigenvalue weighted by molar-refractivity contribution is 5.95. The van der Waals surface area contributed by atoms with Crippen LogP contribution in [0.1, 0.15) is 56.6 Å². The van der Waals surface area contributed by atoms with Gasteiger partial charge in [-0.05, 0) is 69.3 Å². The van der Waals surface area contributed by atoms with Crippen molar-refractivity contribution in [2.75, 3.05) is 31.5 Å². The number of nitrogens with zero attached hydrogens (tertiary/aromatic N) is 2. The zero-order valence-corrected chi connectivity index (χ0v) is 18.8. The van der Waals surface area contributed by atoms with Gasteiger partial charge in [-0.25, -0.2) is 4.39 Å². The highest BCUT2D eigenvalue weighted by Gasteiger charge is 2.33. The summed E-state index contributed by atoms with van der Waals surface area (Å²) in [5.41, 5.74) is 2.35. The van der Waals surface area contributed by atoms with E-state index < -0.39 is 0 Å². The summed E-state index contributed by atoms with van der Waals surface area (Å²) in [6.45, 7) is 7.80. The second-order valence-corrected chi connectivity index (χ2v) is 9.47. The quantitative estimate of drug-likeness (QED) is 0.754. The number of carbonyl (C=O) groups is 2. The lowest BCUT2D eigenvalue weighted by molar-refractivity contribution is -0.140. The zero-order valence-electron chi connectivity index (χ0n) is 18.8. The molecule has 0 spiro atoms. The molecule has 1 aromatic carbocycles. The molecule has 2 saturated heterocycles. The van der Waals surface area contributed by atoms with Gasteiger partial charge < -0.3 is 15.5 Å². The molecule has 2 amide bonds. The van der Waals surface area contributed by atoms with Gasteiger partial charge in [0.2, 0.25) is 11.8 Å². The summed E-state index contributed by atoms with van der Waals surface area (Å²) in [6, 6.07) is 2.94. The highest BCUT2D eigenvalue weighted by atomic mass is 19.1. The number of hydrogen-bond donors (Lipinski definition) is 2. The highest BCUT2D eigenvalue weighted by Crippen LogP contribution is 2.29. The van der Waals surface area contributed by atoms with Crippen molar-refractivity contribution >= 4 is 17.5 Å². The average molecular weight is 431 g/mol. The van der Waals surface area contributed by atoms with Crippen molar-refractivity contribution in [3.05, 3.63) is 29.1 Å². The lowest BCUT2D eigenvalue weighted by Gasteiger charge is -2.41. The molecule has 7 heteroatoms. The van der Waals surface area contributed by atoms with E-state index >= 15 is 0 Å². The van der Waals surface area contributed by atoms with Gasteiger partial charge in [-0.2, -0.15) is 0 Å². The van der Waals surface area contributed by atoms with Crippen LogP contribution >= 0.6 is 0 Å². The minimum absolute atomic E-state index is 0.0928. The first-order valence-corrected chi connectivity index (χ1v) is 11.8. The van der Waals surface area contributed by atoms with E-state index in [0.29, 0.717) is 18.1 Å². The van der Waals surface area contributed by atoms with Crippen LogP contribution < -0.4 is 10.6 Å². The molecule has 2 atom stereocenters. The molecule has 31 heavy (non-hydrogen) atoms. The van der Waals surface area contributed by atoms with Gasteiger partial charge in [0.05, 0.1) is 6.04 Å². The van der Waals surface area contributed by atoms with E-state index in [1.165, 1.54) is 18.9 Å². The van der Waals surface area contributed by atoms with Crippen LogP contribution in [0.2, 0.25) is 0 Å². The molecule has 4 rings (SSSR count). The van der Waals surface area contributed by atoms with Crippen LogP contribution in [0.25, 0.3) is 0 Å². The fourth-order valence-electron chi connectivity index (χ4n) is 5.31. The molecular formula is C24H35FN4O2. The number of piperazine rings is 1. The number of anilines is 1. The Morgan fingerprint density at radius 3 is 2.61 bits per heavy atom. The monoisotopic (exact) mass is 430 g/mol. The van der Waals surface area contributed by atoms with Gasteiger partial charge in [-0.15, -0.1) is 0 Å². The SMILES string of the molecule is Cc1c(CN2CCN(C(=O)C3CCCC3)C(C)C2)cc(F)cc1NC(=O)C1CCCN1. The Balaban J connectivity index is 1.39. The summed E-state index contributed by atoms with van der Waals surface area (Å²) in [5.74, 6) is 0.0975. The molecule has 1 aliphatic carbocycles. The molecule has 0 aromatic heterocycles. The Kier molecular flexibility index (Phi) is 6.92. The van der Waals surface area contributed by atoms with Gasteiger partial charge in [0.1, 0.15) is 5.82 Å². The van der Waals surface area contributed by atoms with Crippen LogP contribution in [0.5, 0.6) is 0 Å². The van der Waals surface area contributed by atoms with E-state index in [-0.39, 0.29) is 29.7 Å². The van der Waals surface area contributed by atoms with E-state index in [0.717, 1.165) is 63.0 Å². The summed E-state index contributed by atoms with van der Waals surface area (Å²) < 4.78 is 14.4. The van der Waals surface area contributed by atoms with Crippen molar-refractivity contribution in [3.63, 3.8) is 0 Å². The predicted molar refractivity (Wildman–Crippen MR) is 119 cm³/mol. The first kappa shape index (κ1) is 22.2. The number of amides is 2. The average Bonchev–Trinajstić information content (AvgIpc) is 3.45. The molecule has 170 valence electrons. The van der Waals surface area contributed by atoms with Crippen LogP contribution in [0.3, 0.4) is 0 Å². The van der Waals surface area contributed by atoms with Gasteiger partial charge in [0.25, 0.3) is 0 Å². The second kappa shape index (κ2) is 9.65. The van der Waals surface area contributed by atoms with E-state index in [2.05, 4.69) is 22.5 Å².